The van der Waals surface area contributed by atoms with Crippen LogP contribution in [0.5, 0.6) is 5.75 Å². The minimum absolute atomic E-state index is 0.575. The molecule has 15 heavy (non-hydrogen) atoms. The standard InChI is InChI=1S/C12H15NO2/c1-10-4-5-11(9-13)12(8-10)15-7-3-6-14-2/h4-5,8H,3,6-7H2,1-2H3. The van der Waals surface area contributed by atoms with Crippen LogP contribution in [-0.2, 0) is 4.74 Å². The molecule has 1 aromatic carbocycles. The predicted octanol–water partition coefficient (Wildman–Crippen LogP) is 2.28. The van der Waals surface area contributed by atoms with E-state index >= 15 is 0 Å². The van der Waals surface area contributed by atoms with Crippen molar-refractivity contribution in [3.8, 4) is 11.8 Å². The Morgan fingerprint density at radius 1 is 1.33 bits per heavy atom. The lowest BCUT2D eigenvalue weighted by Gasteiger charge is -2.08. The van der Waals surface area contributed by atoms with Crippen LogP contribution in [0.4, 0.5) is 0 Å². The number of benzene rings is 1. The molecule has 1 rings (SSSR count). The summed E-state index contributed by atoms with van der Waals surface area (Å²) in [6.45, 7) is 3.23. The highest BCUT2D eigenvalue weighted by Gasteiger charge is 2.02. The van der Waals surface area contributed by atoms with E-state index in [1.54, 1.807) is 13.2 Å². The number of hydrogen-bond acceptors (Lipinski definition) is 3. The van der Waals surface area contributed by atoms with Crippen LogP contribution in [0, 0.1) is 18.3 Å². The maximum atomic E-state index is 8.86. The molecule has 1 aromatic rings. The molecule has 0 saturated carbocycles. The number of nitriles is 1. The third-order valence-electron chi connectivity index (χ3n) is 2.01. The summed E-state index contributed by atoms with van der Waals surface area (Å²) in [7, 11) is 1.66. The molecular weight excluding hydrogens is 190 g/mol. The van der Waals surface area contributed by atoms with Crippen molar-refractivity contribution in [2.24, 2.45) is 0 Å². The van der Waals surface area contributed by atoms with E-state index in [0.29, 0.717) is 24.5 Å². The topological polar surface area (TPSA) is 42.2 Å². The summed E-state index contributed by atoms with van der Waals surface area (Å²) >= 11 is 0. The van der Waals surface area contributed by atoms with E-state index in [-0.39, 0.29) is 0 Å². The van der Waals surface area contributed by atoms with Crippen LogP contribution in [0.1, 0.15) is 17.5 Å². The Morgan fingerprint density at radius 2 is 2.13 bits per heavy atom. The van der Waals surface area contributed by atoms with Crippen molar-refractivity contribution >= 4 is 0 Å². The number of methoxy groups -OCH3 is 1. The highest BCUT2D eigenvalue weighted by Crippen LogP contribution is 2.19. The maximum absolute atomic E-state index is 8.86. The van der Waals surface area contributed by atoms with Crippen molar-refractivity contribution in [2.45, 2.75) is 13.3 Å². The molecule has 0 aliphatic heterocycles. The molecule has 80 valence electrons. The number of rotatable bonds is 5. The van der Waals surface area contributed by atoms with Gasteiger partial charge in [0.1, 0.15) is 11.8 Å². The molecule has 0 amide bonds. The summed E-state index contributed by atoms with van der Waals surface area (Å²) in [5.41, 5.74) is 1.67. The van der Waals surface area contributed by atoms with E-state index in [1.807, 2.05) is 19.1 Å². The Bertz CT molecular complexity index is 355. The van der Waals surface area contributed by atoms with Gasteiger partial charge < -0.3 is 9.47 Å². The van der Waals surface area contributed by atoms with Crippen molar-refractivity contribution < 1.29 is 9.47 Å². The summed E-state index contributed by atoms with van der Waals surface area (Å²) in [5.74, 6) is 0.661. The zero-order chi connectivity index (χ0) is 11.1. The zero-order valence-electron chi connectivity index (χ0n) is 9.12. The van der Waals surface area contributed by atoms with E-state index in [2.05, 4.69) is 6.07 Å². The molecule has 3 nitrogen and oxygen atoms in total. The number of ether oxygens (including phenoxy) is 2. The molecule has 0 saturated heterocycles. The van der Waals surface area contributed by atoms with E-state index in [4.69, 9.17) is 14.7 Å². The van der Waals surface area contributed by atoms with Crippen LogP contribution < -0.4 is 4.74 Å². The van der Waals surface area contributed by atoms with Gasteiger partial charge in [0.05, 0.1) is 12.2 Å². The van der Waals surface area contributed by atoms with Crippen LogP contribution >= 0.6 is 0 Å². The molecule has 0 heterocycles. The monoisotopic (exact) mass is 205 g/mol. The first-order valence-corrected chi connectivity index (χ1v) is 4.90. The highest BCUT2D eigenvalue weighted by molar-refractivity contribution is 5.44. The SMILES string of the molecule is COCCCOc1cc(C)ccc1C#N. The molecule has 0 aliphatic rings. The first kappa shape index (κ1) is 11.5. The second-order valence-corrected chi connectivity index (χ2v) is 3.31. The Labute approximate surface area is 90.2 Å². The molecule has 3 heteroatoms. The zero-order valence-corrected chi connectivity index (χ0v) is 9.12. The average molecular weight is 205 g/mol. The van der Waals surface area contributed by atoms with Crippen LogP contribution in [0.15, 0.2) is 18.2 Å². The Morgan fingerprint density at radius 3 is 2.80 bits per heavy atom. The van der Waals surface area contributed by atoms with Gasteiger partial charge in [-0.2, -0.15) is 5.26 Å². The molecule has 0 unspecified atom stereocenters. The predicted molar refractivity (Wildman–Crippen MR) is 57.9 cm³/mol. The van der Waals surface area contributed by atoms with Gasteiger partial charge in [0, 0.05) is 20.1 Å². The Hall–Kier alpha value is -1.53. The Balaban J connectivity index is 2.59. The van der Waals surface area contributed by atoms with Crippen molar-refractivity contribution in [1.29, 1.82) is 5.26 Å². The number of hydrogen-bond donors (Lipinski definition) is 0. The molecule has 0 radical (unpaired) electrons. The van der Waals surface area contributed by atoms with Gasteiger partial charge in [0.2, 0.25) is 0 Å². The van der Waals surface area contributed by atoms with E-state index in [9.17, 15) is 0 Å². The molecule has 0 bridgehead atoms. The normalized spacial score (nSPS) is 9.67. The Kier molecular flexibility index (Phi) is 4.65. The lowest BCUT2D eigenvalue weighted by molar-refractivity contribution is 0.172. The van der Waals surface area contributed by atoms with Gasteiger partial charge in [-0.1, -0.05) is 6.07 Å². The second-order valence-electron chi connectivity index (χ2n) is 3.31. The fraction of sp³-hybridized carbons (Fsp3) is 0.417. The first-order chi connectivity index (χ1) is 7.27. The quantitative estimate of drug-likeness (QED) is 0.692. The minimum atomic E-state index is 0.575. The van der Waals surface area contributed by atoms with Gasteiger partial charge in [-0.05, 0) is 24.6 Å². The molecular formula is C12H15NO2. The molecule has 0 aliphatic carbocycles. The summed E-state index contributed by atoms with van der Waals surface area (Å²) < 4.78 is 10.4. The van der Waals surface area contributed by atoms with E-state index in [1.165, 1.54) is 0 Å². The van der Waals surface area contributed by atoms with Crippen LogP contribution in [0.2, 0.25) is 0 Å². The largest absolute Gasteiger partial charge is 0.492 e. The van der Waals surface area contributed by atoms with Crippen LogP contribution in [0.25, 0.3) is 0 Å². The minimum Gasteiger partial charge on any atom is -0.492 e. The molecule has 0 fully saturated rings. The van der Waals surface area contributed by atoms with Crippen molar-refractivity contribution in [2.75, 3.05) is 20.3 Å². The fourth-order valence-corrected chi connectivity index (χ4v) is 1.23. The van der Waals surface area contributed by atoms with Gasteiger partial charge >= 0.3 is 0 Å². The molecule has 0 N–H and O–H groups in total. The lowest BCUT2D eigenvalue weighted by Crippen LogP contribution is -2.02. The summed E-state index contributed by atoms with van der Waals surface area (Å²) in [6.07, 6.45) is 0.829. The van der Waals surface area contributed by atoms with Crippen molar-refractivity contribution in [1.82, 2.24) is 0 Å². The van der Waals surface area contributed by atoms with E-state index < -0.39 is 0 Å². The van der Waals surface area contributed by atoms with Gasteiger partial charge in [-0.15, -0.1) is 0 Å². The van der Waals surface area contributed by atoms with Gasteiger partial charge in [-0.3, -0.25) is 0 Å². The van der Waals surface area contributed by atoms with Crippen LogP contribution in [-0.4, -0.2) is 20.3 Å². The van der Waals surface area contributed by atoms with Gasteiger partial charge in [0.15, 0.2) is 0 Å². The van der Waals surface area contributed by atoms with Crippen molar-refractivity contribution in [3.63, 3.8) is 0 Å². The molecule has 0 spiro atoms. The fourth-order valence-electron chi connectivity index (χ4n) is 1.23. The van der Waals surface area contributed by atoms with Gasteiger partial charge in [-0.25, -0.2) is 0 Å². The smallest absolute Gasteiger partial charge is 0.137 e. The highest BCUT2D eigenvalue weighted by atomic mass is 16.5. The third-order valence-corrected chi connectivity index (χ3v) is 2.01. The van der Waals surface area contributed by atoms with Crippen molar-refractivity contribution in [3.05, 3.63) is 29.3 Å². The third kappa shape index (κ3) is 3.61. The van der Waals surface area contributed by atoms with E-state index in [0.717, 1.165) is 12.0 Å². The van der Waals surface area contributed by atoms with Crippen LogP contribution in [0.3, 0.4) is 0 Å². The maximum Gasteiger partial charge on any atom is 0.137 e. The second kappa shape index (κ2) is 6.05. The summed E-state index contributed by atoms with van der Waals surface area (Å²) in [4.78, 5) is 0. The summed E-state index contributed by atoms with van der Waals surface area (Å²) in [6, 6.07) is 7.67. The molecule has 0 atom stereocenters. The summed E-state index contributed by atoms with van der Waals surface area (Å²) in [5, 5.41) is 8.86. The lowest BCUT2D eigenvalue weighted by atomic mass is 10.1. The average Bonchev–Trinajstić information content (AvgIpc) is 2.25. The molecule has 0 aromatic heterocycles. The number of nitrogens with zero attached hydrogens (tertiary/aromatic N) is 1. The number of aryl methyl sites for hydroxylation is 1. The first-order valence-electron chi connectivity index (χ1n) is 4.90. The van der Waals surface area contributed by atoms with Gasteiger partial charge in [0.25, 0.3) is 0 Å².